The van der Waals surface area contributed by atoms with E-state index in [1.165, 1.54) is 48.8 Å². The van der Waals surface area contributed by atoms with Crippen molar-refractivity contribution in [3.05, 3.63) is 28.5 Å². The van der Waals surface area contributed by atoms with Crippen molar-refractivity contribution in [2.45, 2.75) is 99.1 Å². The predicted octanol–water partition coefficient (Wildman–Crippen LogP) is 0.952. The van der Waals surface area contributed by atoms with Crippen LogP contribution in [0.1, 0.15) is 86.0 Å². The van der Waals surface area contributed by atoms with E-state index < -0.39 is 5.91 Å². The van der Waals surface area contributed by atoms with Gasteiger partial charge in [-0.2, -0.15) is 11.1 Å². The van der Waals surface area contributed by atoms with Crippen LogP contribution in [-0.4, -0.2) is 15.4 Å². The summed E-state index contributed by atoms with van der Waals surface area (Å²) in [5.74, 6) is 0.147. The Kier molecular flexibility index (Phi) is 37.7. The molecular formula is C21H40Cl2NOSiZr. The van der Waals surface area contributed by atoms with Gasteiger partial charge in [-0.25, -0.2) is 5.57 Å². The second-order valence-corrected chi connectivity index (χ2v) is 7.83. The molecule has 1 aliphatic carbocycles. The molecule has 0 bridgehead atoms. The molecule has 0 spiro atoms. The van der Waals surface area contributed by atoms with Crippen LogP contribution >= 0.6 is 0 Å². The third kappa shape index (κ3) is 24.6. The molecule has 0 aromatic rings. The van der Waals surface area contributed by atoms with Gasteiger partial charge in [-0.1, -0.05) is 85.2 Å². The van der Waals surface area contributed by atoms with Gasteiger partial charge in [0.25, 0.3) is 0 Å². The molecular weight excluding hydrogens is 472 g/mol. The fourth-order valence-electron chi connectivity index (χ4n) is 2.40. The summed E-state index contributed by atoms with van der Waals surface area (Å²) < 4.78 is 0. The Morgan fingerprint density at radius 2 is 1.41 bits per heavy atom. The van der Waals surface area contributed by atoms with E-state index >= 15 is 0 Å². The molecule has 0 aromatic carbocycles. The summed E-state index contributed by atoms with van der Waals surface area (Å²) >= 11 is 0. The Labute approximate surface area is 203 Å². The molecule has 0 saturated heterocycles. The average molecular weight is 513 g/mol. The van der Waals surface area contributed by atoms with Crippen LogP contribution in [0.15, 0.2) is 16.7 Å². The van der Waals surface area contributed by atoms with Crippen molar-refractivity contribution in [3.8, 4) is 0 Å². The maximum absolute atomic E-state index is 10.2. The first-order chi connectivity index (χ1) is 11.3. The number of carbonyl (C=O) groups excluding carboxylic acids is 1. The second kappa shape index (κ2) is 26.6. The van der Waals surface area contributed by atoms with E-state index in [0.29, 0.717) is 12.3 Å². The van der Waals surface area contributed by atoms with Crippen molar-refractivity contribution in [2.75, 3.05) is 0 Å². The van der Waals surface area contributed by atoms with Crippen LogP contribution in [0.3, 0.4) is 0 Å². The van der Waals surface area contributed by atoms with Gasteiger partial charge < -0.3 is 35.3 Å². The summed E-state index contributed by atoms with van der Waals surface area (Å²) in [5.41, 5.74) is 10.9. The number of hydrogen-bond acceptors (Lipinski definition) is 1. The Morgan fingerprint density at radius 3 is 1.67 bits per heavy atom. The Bertz CT molecular complexity index is 402. The smallest absolute Gasteiger partial charge is 1.00 e. The van der Waals surface area contributed by atoms with Crippen molar-refractivity contribution in [3.63, 3.8) is 0 Å². The molecule has 6 heteroatoms. The van der Waals surface area contributed by atoms with Crippen molar-refractivity contribution >= 4 is 15.4 Å². The zero-order valence-corrected chi connectivity index (χ0v) is 23.6. The first-order valence-electron chi connectivity index (χ1n) is 9.57. The standard InChI is InChI=1S/C10H21NO.C9H13.C2H7Si.2ClH.Zr/c1-2-3-4-5-6-7-8-9-10(11)12;1-6-5-7(2)9(4)8(6)3;1-3-2;;;/h2-9H2,1H3,(H2,11,12);6H,1-4H3;3H,1-2H3;2*1H;/q;-1;;;;+4/p-3. The first-order valence-corrected chi connectivity index (χ1v) is 11.9. The summed E-state index contributed by atoms with van der Waals surface area (Å²) in [6, 6.07) is 0. The van der Waals surface area contributed by atoms with Gasteiger partial charge in [-0.15, -0.1) is 6.92 Å². The third-order valence-corrected chi connectivity index (χ3v) is 4.24. The molecule has 2 nitrogen and oxygen atoms in total. The molecule has 0 fully saturated rings. The minimum Gasteiger partial charge on any atom is -1.00 e. The predicted molar refractivity (Wildman–Crippen MR) is 111 cm³/mol. The van der Waals surface area contributed by atoms with Crippen molar-refractivity contribution in [2.24, 2.45) is 5.92 Å². The van der Waals surface area contributed by atoms with Gasteiger partial charge >= 0.3 is 26.2 Å². The molecule has 1 amide bonds. The zero-order valence-electron chi connectivity index (χ0n) is 18.5. The number of allylic oxidation sites excluding steroid dienone is 4. The summed E-state index contributed by atoms with van der Waals surface area (Å²) in [4.78, 5) is 10.2. The molecule has 1 N–H and O–H groups in total. The average Bonchev–Trinajstić information content (AvgIpc) is 2.74. The van der Waals surface area contributed by atoms with E-state index in [9.17, 15) is 4.79 Å². The van der Waals surface area contributed by atoms with Gasteiger partial charge in [-0.05, 0) is 12.8 Å². The number of carbonyl (C=O) groups is 1. The summed E-state index contributed by atoms with van der Waals surface area (Å²) in [7, 11) is 0.750. The topological polar surface area (TPSA) is 40.9 Å². The summed E-state index contributed by atoms with van der Waals surface area (Å²) in [5, 5.41) is 0. The van der Waals surface area contributed by atoms with Gasteiger partial charge in [0.05, 0.1) is 0 Å². The van der Waals surface area contributed by atoms with Gasteiger partial charge in [0.1, 0.15) is 0 Å². The molecule has 1 aliphatic rings. The molecule has 1 unspecified atom stereocenters. The molecule has 0 aliphatic heterocycles. The quantitative estimate of drug-likeness (QED) is 0.271. The van der Waals surface area contributed by atoms with E-state index in [1.807, 2.05) is 0 Å². The zero-order chi connectivity index (χ0) is 19.0. The maximum Gasteiger partial charge on any atom is 4.00 e. The van der Waals surface area contributed by atoms with Crippen LogP contribution in [0.2, 0.25) is 13.1 Å². The van der Waals surface area contributed by atoms with Crippen LogP contribution < -0.4 is 24.8 Å². The summed E-state index contributed by atoms with van der Waals surface area (Å²) in [6.45, 7) is 15.3. The van der Waals surface area contributed by atoms with Crippen molar-refractivity contribution in [1.29, 1.82) is 0 Å². The number of rotatable bonds is 8. The minimum atomic E-state index is -0.413. The Hall–Kier alpha value is 0.630. The molecule has 27 heavy (non-hydrogen) atoms. The molecule has 1 atom stereocenters. The maximum atomic E-state index is 10.2. The normalized spacial score (nSPS) is 14.2. The van der Waals surface area contributed by atoms with E-state index in [1.54, 1.807) is 0 Å². The number of halogens is 2. The van der Waals surface area contributed by atoms with Crippen LogP contribution in [0.25, 0.3) is 5.73 Å². The number of hydrogen-bond donors (Lipinski definition) is 0. The third-order valence-electron chi connectivity index (χ3n) is 4.24. The Balaban J connectivity index is -0.0000000966. The van der Waals surface area contributed by atoms with E-state index in [0.717, 1.165) is 22.4 Å². The van der Waals surface area contributed by atoms with Gasteiger partial charge in [-0.3, -0.25) is 6.08 Å². The van der Waals surface area contributed by atoms with E-state index in [2.05, 4.69) is 53.8 Å². The van der Waals surface area contributed by atoms with Crippen molar-refractivity contribution in [1.82, 2.24) is 0 Å². The molecule has 0 heterocycles. The number of amides is 1. The molecule has 1 rings (SSSR count). The first kappa shape index (κ1) is 38.3. The molecule has 0 saturated carbocycles. The molecule has 0 aromatic heterocycles. The fourth-order valence-corrected chi connectivity index (χ4v) is 2.40. The monoisotopic (exact) mass is 510 g/mol. The van der Waals surface area contributed by atoms with Crippen LogP contribution in [0.5, 0.6) is 0 Å². The number of unbranched alkanes of at least 4 members (excludes halogenated alkanes) is 6. The van der Waals surface area contributed by atoms with Crippen LogP contribution in [-0.2, 0) is 31.0 Å². The number of nitrogens with one attached hydrogen (secondary N) is 1. The van der Waals surface area contributed by atoms with Gasteiger partial charge in [0.15, 0.2) is 0 Å². The SMILES string of the molecule is CC1=[C-]C(C)C(C)=C1C.CCCCCCCCCC([NH-])=O.C[SiH]C.[Cl-].[Cl-].[Zr+4]. The van der Waals surface area contributed by atoms with E-state index in [4.69, 9.17) is 5.73 Å². The molecule has 157 valence electrons. The fraction of sp³-hybridized carbons (Fsp3) is 0.762. The second-order valence-electron chi connectivity index (χ2n) is 6.67. The van der Waals surface area contributed by atoms with Gasteiger partial charge in [0, 0.05) is 15.4 Å². The van der Waals surface area contributed by atoms with Crippen LogP contribution in [0, 0.1) is 12.0 Å². The summed E-state index contributed by atoms with van der Waals surface area (Å²) in [6.07, 6.45) is 12.3. The minimum absolute atomic E-state index is 0. The molecule has 1 radical (unpaired) electrons. The van der Waals surface area contributed by atoms with E-state index in [-0.39, 0.29) is 51.0 Å². The Morgan fingerprint density at radius 1 is 1.00 bits per heavy atom. The van der Waals surface area contributed by atoms with Crippen molar-refractivity contribution < 1.29 is 55.8 Å². The largest absolute Gasteiger partial charge is 4.00 e. The van der Waals surface area contributed by atoms with Crippen LogP contribution in [0.4, 0.5) is 0 Å². The van der Waals surface area contributed by atoms with Gasteiger partial charge in [0.2, 0.25) is 0 Å².